The SMILES string of the molecule is COC(=O)O[C@H]1CO[C@H]2[C@@H]1OC[C@H]2O[N+](=O)[O-]. The summed E-state index contributed by atoms with van der Waals surface area (Å²) in [6, 6.07) is 0. The molecule has 0 bridgehead atoms. The van der Waals surface area contributed by atoms with Crippen LogP contribution in [0, 0.1) is 10.1 Å². The van der Waals surface area contributed by atoms with E-state index in [1.165, 1.54) is 7.11 Å². The summed E-state index contributed by atoms with van der Waals surface area (Å²) in [5.74, 6) is 0. The van der Waals surface area contributed by atoms with Crippen LogP contribution < -0.4 is 0 Å². The highest BCUT2D eigenvalue weighted by Gasteiger charge is 2.51. The van der Waals surface area contributed by atoms with Crippen molar-refractivity contribution in [1.82, 2.24) is 0 Å². The Balaban J connectivity index is 1.92. The molecule has 0 N–H and O–H groups in total. The van der Waals surface area contributed by atoms with Crippen LogP contribution in [-0.2, 0) is 23.8 Å². The van der Waals surface area contributed by atoms with Crippen LogP contribution >= 0.6 is 0 Å². The summed E-state index contributed by atoms with van der Waals surface area (Å²) in [5.41, 5.74) is 0. The maximum Gasteiger partial charge on any atom is 0.508 e. The van der Waals surface area contributed by atoms with Crippen LogP contribution in [0.5, 0.6) is 0 Å². The minimum Gasteiger partial charge on any atom is -0.438 e. The van der Waals surface area contributed by atoms with E-state index in [4.69, 9.17) is 14.2 Å². The predicted octanol–water partition coefficient (Wildman–Crippen LogP) is -0.488. The van der Waals surface area contributed by atoms with Crippen molar-refractivity contribution >= 4 is 6.16 Å². The molecule has 2 aliphatic rings. The summed E-state index contributed by atoms with van der Waals surface area (Å²) in [6.45, 7) is 0.124. The normalized spacial score (nSPS) is 35.1. The van der Waals surface area contributed by atoms with Crippen LogP contribution in [0.25, 0.3) is 0 Å². The Kier molecular flexibility index (Phi) is 3.29. The number of methoxy groups -OCH3 is 1. The quantitative estimate of drug-likeness (QED) is 0.374. The highest BCUT2D eigenvalue weighted by atomic mass is 17.0. The number of rotatable bonds is 3. The van der Waals surface area contributed by atoms with Crippen molar-refractivity contribution in [3.8, 4) is 0 Å². The lowest BCUT2D eigenvalue weighted by molar-refractivity contribution is -0.769. The summed E-state index contributed by atoms with van der Waals surface area (Å²) < 4.78 is 19.8. The van der Waals surface area contributed by atoms with Crippen molar-refractivity contribution in [3.05, 3.63) is 10.1 Å². The Morgan fingerprint density at radius 2 is 1.88 bits per heavy atom. The van der Waals surface area contributed by atoms with Gasteiger partial charge in [-0.05, 0) is 0 Å². The lowest BCUT2D eigenvalue weighted by Crippen LogP contribution is -2.35. The second-order valence-electron chi connectivity index (χ2n) is 3.57. The van der Waals surface area contributed by atoms with Crippen LogP contribution in [0.15, 0.2) is 0 Å². The van der Waals surface area contributed by atoms with E-state index in [1.807, 2.05) is 0 Å². The van der Waals surface area contributed by atoms with E-state index in [0.29, 0.717) is 0 Å². The third-order valence-corrected chi connectivity index (χ3v) is 2.60. The first-order chi connectivity index (χ1) is 8.11. The molecule has 0 unspecified atom stereocenters. The van der Waals surface area contributed by atoms with Crippen LogP contribution in [0.2, 0.25) is 0 Å². The van der Waals surface area contributed by atoms with E-state index < -0.39 is 35.7 Å². The van der Waals surface area contributed by atoms with E-state index >= 15 is 0 Å². The van der Waals surface area contributed by atoms with Crippen molar-refractivity contribution in [1.29, 1.82) is 0 Å². The molecule has 2 fully saturated rings. The molecule has 2 aliphatic heterocycles. The Labute approximate surface area is 95.6 Å². The number of carbonyl (C=O) groups is 1. The van der Waals surface area contributed by atoms with Gasteiger partial charge in [0.25, 0.3) is 5.09 Å². The van der Waals surface area contributed by atoms with Crippen molar-refractivity contribution in [3.63, 3.8) is 0 Å². The zero-order chi connectivity index (χ0) is 12.4. The molecular formula is C8H11NO8. The second kappa shape index (κ2) is 4.72. The molecule has 0 aromatic heterocycles. The Bertz CT molecular complexity index is 321. The number of ether oxygens (including phenoxy) is 4. The first-order valence-electron chi connectivity index (χ1n) is 4.90. The average Bonchev–Trinajstić information content (AvgIpc) is 2.83. The highest BCUT2D eigenvalue weighted by Crippen LogP contribution is 2.30. The standard InChI is InChI=1S/C8H11NO8/c1-13-8(10)16-4-2-14-7-5(17-9(11)12)3-15-6(4)7/h4-7H,2-3H2,1H3/t4-,5+,6+,7+/m0/s1. The fourth-order valence-corrected chi connectivity index (χ4v) is 1.90. The molecule has 0 aliphatic carbocycles. The van der Waals surface area contributed by atoms with Gasteiger partial charge in [0.05, 0.1) is 20.3 Å². The van der Waals surface area contributed by atoms with Crippen LogP contribution in [-0.4, -0.2) is 56.0 Å². The van der Waals surface area contributed by atoms with Crippen molar-refractivity contribution in [2.45, 2.75) is 24.4 Å². The molecule has 96 valence electrons. The average molecular weight is 249 g/mol. The predicted molar refractivity (Wildman–Crippen MR) is 48.6 cm³/mol. The largest absolute Gasteiger partial charge is 0.508 e. The fraction of sp³-hybridized carbons (Fsp3) is 0.875. The lowest BCUT2D eigenvalue weighted by Gasteiger charge is -2.15. The summed E-state index contributed by atoms with van der Waals surface area (Å²) in [5, 5.41) is 9.32. The molecule has 0 aromatic rings. The molecular weight excluding hydrogens is 238 g/mol. The zero-order valence-corrected chi connectivity index (χ0v) is 8.94. The van der Waals surface area contributed by atoms with Crippen LogP contribution in [0.3, 0.4) is 0 Å². The van der Waals surface area contributed by atoms with Crippen molar-refractivity contribution in [2.24, 2.45) is 0 Å². The molecule has 0 saturated carbocycles. The number of fused-ring (bicyclic) bond motifs is 1. The molecule has 2 heterocycles. The summed E-state index contributed by atoms with van der Waals surface area (Å²) in [7, 11) is 1.18. The zero-order valence-electron chi connectivity index (χ0n) is 8.94. The molecule has 0 spiro atoms. The molecule has 9 heteroatoms. The van der Waals surface area contributed by atoms with E-state index in [0.717, 1.165) is 0 Å². The van der Waals surface area contributed by atoms with Gasteiger partial charge < -0.3 is 23.8 Å². The lowest BCUT2D eigenvalue weighted by atomic mass is 10.1. The topological polar surface area (TPSA) is 106 Å². The Morgan fingerprint density at radius 3 is 2.47 bits per heavy atom. The van der Waals surface area contributed by atoms with Gasteiger partial charge >= 0.3 is 6.16 Å². The number of hydrogen-bond acceptors (Lipinski definition) is 8. The van der Waals surface area contributed by atoms with Crippen LogP contribution in [0.4, 0.5) is 4.79 Å². The third-order valence-electron chi connectivity index (χ3n) is 2.60. The van der Waals surface area contributed by atoms with Gasteiger partial charge in [-0.1, -0.05) is 0 Å². The third kappa shape index (κ3) is 2.39. The first kappa shape index (κ1) is 11.9. The van der Waals surface area contributed by atoms with Gasteiger partial charge in [0.1, 0.15) is 12.2 Å². The van der Waals surface area contributed by atoms with Gasteiger partial charge in [-0.25, -0.2) is 4.79 Å². The van der Waals surface area contributed by atoms with E-state index in [1.54, 1.807) is 0 Å². The molecule has 17 heavy (non-hydrogen) atoms. The highest BCUT2D eigenvalue weighted by molar-refractivity contribution is 5.60. The van der Waals surface area contributed by atoms with E-state index in [9.17, 15) is 14.9 Å². The van der Waals surface area contributed by atoms with E-state index in [2.05, 4.69) is 9.57 Å². The molecule has 0 aromatic carbocycles. The van der Waals surface area contributed by atoms with Crippen molar-refractivity contribution in [2.75, 3.05) is 20.3 Å². The molecule has 4 atom stereocenters. The van der Waals surface area contributed by atoms with Gasteiger partial charge in [-0.2, -0.15) is 0 Å². The van der Waals surface area contributed by atoms with E-state index in [-0.39, 0.29) is 13.2 Å². The molecule has 0 radical (unpaired) electrons. The molecule has 0 amide bonds. The fourth-order valence-electron chi connectivity index (χ4n) is 1.90. The Morgan fingerprint density at radius 1 is 1.29 bits per heavy atom. The molecule has 2 saturated heterocycles. The molecule has 9 nitrogen and oxygen atoms in total. The van der Waals surface area contributed by atoms with Crippen molar-refractivity contribution < 1.29 is 33.7 Å². The second-order valence-corrected chi connectivity index (χ2v) is 3.57. The molecule has 2 rings (SSSR count). The summed E-state index contributed by atoms with van der Waals surface area (Å²) in [6.07, 6.45) is -3.43. The number of carbonyl (C=O) groups excluding carboxylic acids is 1. The maximum atomic E-state index is 10.9. The minimum atomic E-state index is -0.895. The van der Waals surface area contributed by atoms with Gasteiger partial charge in [0.2, 0.25) is 0 Å². The Hall–Kier alpha value is -1.61. The summed E-state index contributed by atoms with van der Waals surface area (Å²) in [4.78, 5) is 25.5. The first-order valence-corrected chi connectivity index (χ1v) is 4.90. The smallest absolute Gasteiger partial charge is 0.438 e. The van der Waals surface area contributed by atoms with Gasteiger partial charge in [-0.3, -0.25) is 0 Å². The monoisotopic (exact) mass is 249 g/mol. The summed E-state index contributed by atoms with van der Waals surface area (Å²) >= 11 is 0. The maximum absolute atomic E-state index is 10.9. The van der Waals surface area contributed by atoms with Gasteiger partial charge in [-0.15, -0.1) is 10.1 Å². The number of hydrogen-bond donors (Lipinski definition) is 0. The van der Waals surface area contributed by atoms with Crippen LogP contribution in [0.1, 0.15) is 0 Å². The van der Waals surface area contributed by atoms with Gasteiger partial charge in [0, 0.05) is 0 Å². The minimum absolute atomic E-state index is 0.0251. The van der Waals surface area contributed by atoms with Gasteiger partial charge in [0.15, 0.2) is 12.2 Å². The number of nitrogens with zero attached hydrogens (tertiary/aromatic N) is 1.